The van der Waals surface area contributed by atoms with Crippen LogP contribution in [0.2, 0.25) is 0 Å². The highest BCUT2D eigenvalue weighted by atomic mass is 15.2. The highest BCUT2D eigenvalue weighted by Crippen LogP contribution is 2.22. The fraction of sp³-hybridized carbons (Fsp3) is 0.357. The van der Waals surface area contributed by atoms with E-state index >= 15 is 0 Å². The third kappa shape index (κ3) is 2.11. The van der Waals surface area contributed by atoms with Crippen LogP contribution in [0, 0.1) is 0 Å². The molecule has 1 unspecified atom stereocenters. The molecule has 1 aromatic carbocycles. The van der Waals surface area contributed by atoms with Gasteiger partial charge in [0.15, 0.2) is 0 Å². The average molecular weight is 227 g/mol. The number of hydrogen-bond donors (Lipinski definition) is 1. The molecule has 0 radical (unpaired) electrons. The molecule has 1 fully saturated rings. The zero-order valence-corrected chi connectivity index (χ0v) is 10.1. The Bertz CT molecular complexity index is 518. The largest absolute Gasteiger partial charge is 0.365 e. The van der Waals surface area contributed by atoms with E-state index < -0.39 is 0 Å². The highest BCUT2D eigenvalue weighted by Gasteiger charge is 2.19. The molecule has 3 rings (SSSR count). The molecule has 0 spiro atoms. The lowest BCUT2D eigenvalue weighted by Crippen LogP contribution is -2.24. The number of likely N-dealkylation sites (tertiary alicyclic amines) is 1. The van der Waals surface area contributed by atoms with Gasteiger partial charge in [-0.1, -0.05) is 24.3 Å². The molecule has 2 aromatic rings. The fourth-order valence-corrected chi connectivity index (χ4v) is 2.48. The van der Waals surface area contributed by atoms with Crippen molar-refractivity contribution in [2.75, 3.05) is 25.5 Å². The Morgan fingerprint density at radius 3 is 3.00 bits per heavy atom. The average Bonchev–Trinajstić information content (AvgIpc) is 2.75. The number of nitrogens with one attached hydrogen (secondary N) is 1. The summed E-state index contributed by atoms with van der Waals surface area (Å²) in [6, 6.07) is 11.0. The number of fused-ring (bicyclic) bond motifs is 1. The molecule has 1 saturated heterocycles. The summed E-state index contributed by atoms with van der Waals surface area (Å²) in [7, 11) is 2.16. The fourth-order valence-electron chi connectivity index (χ4n) is 2.48. The van der Waals surface area contributed by atoms with Crippen LogP contribution in [0.1, 0.15) is 6.42 Å². The number of anilines is 1. The third-order valence-electron chi connectivity index (χ3n) is 3.41. The first-order valence-electron chi connectivity index (χ1n) is 6.12. The molecule has 17 heavy (non-hydrogen) atoms. The predicted molar refractivity (Wildman–Crippen MR) is 71.3 cm³/mol. The van der Waals surface area contributed by atoms with Crippen LogP contribution >= 0.6 is 0 Å². The van der Waals surface area contributed by atoms with Crippen molar-refractivity contribution in [3.05, 3.63) is 36.5 Å². The second-order valence-electron chi connectivity index (χ2n) is 4.77. The minimum Gasteiger partial charge on any atom is -0.365 e. The van der Waals surface area contributed by atoms with E-state index in [4.69, 9.17) is 0 Å². The molecule has 1 N–H and O–H groups in total. The van der Waals surface area contributed by atoms with Crippen LogP contribution in [0.5, 0.6) is 0 Å². The summed E-state index contributed by atoms with van der Waals surface area (Å²) in [6.45, 7) is 2.27. The van der Waals surface area contributed by atoms with Crippen molar-refractivity contribution in [3.63, 3.8) is 0 Å². The van der Waals surface area contributed by atoms with Crippen molar-refractivity contribution in [2.45, 2.75) is 12.5 Å². The first kappa shape index (κ1) is 10.5. The molecule has 0 bridgehead atoms. The number of aromatic nitrogens is 1. The lowest BCUT2D eigenvalue weighted by Gasteiger charge is -2.15. The first-order valence-corrected chi connectivity index (χ1v) is 6.12. The van der Waals surface area contributed by atoms with Crippen molar-refractivity contribution in [3.8, 4) is 0 Å². The van der Waals surface area contributed by atoms with Gasteiger partial charge in [0, 0.05) is 24.2 Å². The zero-order chi connectivity index (χ0) is 11.7. The van der Waals surface area contributed by atoms with E-state index in [1.807, 2.05) is 6.20 Å². The normalized spacial score (nSPS) is 20.9. The number of hydrogen-bond acceptors (Lipinski definition) is 3. The molecule has 0 amide bonds. The van der Waals surface area contributed by atoms with Gasteiger partial charge in [0.25, 0.3) is 0 Å². The summed E-state index contributed by atoms with van der Waals surface area (Å²) in [5.41, 5.74) is 0. The number of likely N-dealkylation sites (N-methyl/N-ethyl adjacent to an activating group) is 1. The van der Waals surface area contributed by atoms with Gasteiger partial charge in [0.2, 0.25) is 0 Å². The van der Waals surface area contributed by atoms with Gasteiger partial charge >= 0.3 is 0 Å². The Balaban J connectivity index is 1.90. The molecule has 1 aromatic heterocycles. The van der Waals surface area contributed by atoms with Gasteiger partial charge in [-0.05, 0) is 31.5 Å². The maximum atomic E-state index is 4.47. The standard InChI is InChI=1S/C14H17N3/c1-17-9-7-12(10-17)16-14-13-5-3-2-4-11(13)6-8-15-14/h2-6,8,12H,7,9-10H2,1H3,(H,15,16). The van der Waals surface area contributed by atoms with Crippen molar-refractivity contribution in [1.29, 1.82) is 0 Å². The second-order valence-corrected chi connectivity index (χ2v) is 4.77. The van der Waals surface area contributed by atoms with Crippen LogP contribution in [-0.4, -0.2) is 36.1 Å². The van der Waals surface area contributed by atoms with Crippen LogP contribution in [-0.2, 0) is 0 Å². The summed E-state index contributed by atoms with van der Waals surface area (Å²) in [4.78, 5) is 6.82. The number of benzene rings is 1. The number of nitrogens with zero attached hydrogens (tertiary/aromatic N) is 2. The maximum absolute atomic E-state index is 4.47. The zero-order valence-electron chi connectivity index (χ0n) is 10.1. The topological polar surface area (TPSA) is 28.2 Å². The van der Waals surface area contributed by atoms with E-state index in [9.17, 15) is 0 Å². The van der Waals surface area contributed by atoms with Gasteiger partial charge in [0.05, 0.1) is 0 Å². The maximum Gasteiger partial charge on any atom is 0.134 e. The summed E-state index contributed by atoms with van der Waals surface area (Å²) in [5, 5.41) is 6.02. The molecular formula is C14H17N3. The van der Waals surface area contributed by atoms with E-state index in [-0.39, 0.29) is 0 Å². The summed E-state index contributed by atoms with van der Waals surface area (Å²) >= 11 is 0. The Morgan fingerprint density at radius 2 is 2.18 bits per heavy atom. The summed E-state index contributed by atoms with van der Waals surface area (Å²) in [6.07, 6.45) is 3.07. The molecular weight excluding hydrogens is 210 g/mol. The lowest BCUT2D eigenvalue weighted by atomic mass is 10.1. The van der Waals surface area contributed by atoms with Crippen LogP contribution in [0.4, 0.5) is 5.82 Å². The van der Waals surface area contributed by atoms with Gasteiger partial charge in [-0.25, -0.2) is 4.98 Å². The Hall–Kier alpha value is -1.61. The van der Waals surface area contributed by atoms with Gasteiger partial charge in [-0.2, -0.15) is 0 Å². The highest BCUT2D eigenvalue weighted by molar-refractivity contribution is 5.91. The van der Waals surface area contributed by atoms with E-state index in [0.29, 0.717) is 6.04 Å². The first-order chi connectivity index (χ1) is 8.33. The van der Waals surface area contributed by atoms with Crippen LogP contribution < -0.4 is 5.32 Å². The predicted octanol–water partition coefficient (Wildman–Crippen LogP) is 2.35. The third-order valence-corrected chi connectivity index (χ3v) is 3.41. The Kier molecular flexibility index (Phi) is 2.69. The van der Waals surface area contributed by atoms with Crippen molar-refractivity contribution < 1.29 is 0 Å². The van der Waals surface area contributed by atoms with Gasteiger partial charge in [0.1, 0.15) is 5.82 Å². The molecule has 0 saturated carbocycles. The molecule has 88 valence electrons. The summed E-state index contributed by atoms with van der Waals surface area (Å²) in [5.74, 6) is 1.02. The molecule has 3 nitrogen and oxygen atoms in total. The van der Waals surface area contributed by atoms with Crippen LogP contribution in [0.25, 0.3) is 10.8 Å². The number of pyridine rings is 1. The molecule has 0 aliphatic carbocycles. The van der Waals surface area contributed by atoms with Gasteiger partial charge in [-0.15, -0.1) is 0 Å². The Labute approximate surface area is 101 Å². The monoisotopic (exact) mass is 227 g/mol. The Morgan fingerprint density at radius 1 is 1.29 bits per heavy atom. The van der Waals surface area contributed by atoms with Crippen molar-refractivity contribution in [1.82, 2.24) is 9.88 Å². The van der Waals surface area contributed by atoms with Gasteiger partial charge < -0.3 is 10.2 Å². The van der Waals surface area contributed by atoms with Crippen LogP contribution in [0.15, 0.2) is 36.5 Å². The minimum atomic E-state index is 0.526. The van der Waals surface area contributed by atoms with Crippen molar-refractivity contribution >= 4 is 16.6 Å². The lowest BCUT2D eigenvalue weighted by molar-refractivity contribution is 0.414. The van der Waals surface area contributed by atoms with E-state index in [1.54, 1.807) is 0 Å². The van der Waals surface area contributed by atoms with E-state index in [1.165, 1.54) is 23.7 Å². The minimum absolute atomic E-state index is 0.526. The molecule has 1 aliphatic heterocycles. The smallest absolute Gasteiger partial charge is 0.134 e. The van der Waals surface area contributed by atoms with Gasteiger partial charge in [-0.3, -0.25) is 0 Å². The van der Waals surface area contributed by atoms with E-state index in [0.717, 1.165) is 12.4 Å². The summed E-state index contributed by atoms with van der Waals surface area (Å²) < 4.78 is 0. The molecule has 2 heterocycles. The van der Waals surface area contributed by atoms with Crippen molar-refractivity contribution in [2.24, 2.45) is 0 Å². The molecule has 1 atom stereocenters. The molecule has 1 aliphatic rings. The SMILES string of the molecule is CN1CCC(Nc2nccc3ccccc23)C1. The van der Waals surface area contributed by atoms with Crippen LogP contribution in [0.3, 0.4) is 0 Å². The number of rotatable bonds is 2. The quantitative estimate of drug-likeness (QED) is 0.853. The van der Waals surface area contributed by atoms with E-state index in [2.05, 4.69) is 52.6 Å². The second kappa shape index (κ2) is 4.34. The molecule has 3 heteroatoms.